The number of carbonyl (C=O) groups excluding carboxylic acids is 1. The topological polar surface area (TPSA) is 69.8 Å². The summed E-state index contributed by atoms with van der Waals surface area (Å²) in [5.74, 6) is 1.47. The fraction of sp³-hybridized carbons (Fsp3) is 0.429. The highest BCUT2D eigenvalue weighted by atomic mass is 16.1. The molecule has 19 heavy (non-hydrogen) atoms. The zero-order chi connectivity index (χ0) is 13.4. The lowest BCUT2D eigenvalue weighted by Gasteiger charge is -2.31. The normalized spacial score (nSPS) is 17.2. The second-order valence-electron chi connectivity index (χ2n) is 5.25. The third-order valence-electron chi connectivity index (χ3n) is 3.80. The van der Waals surface area contributed by atoms with E-state index in [1.54, 1.807) is 0 Å². The third-order valence-corrected chi connectivity index (χ3v) is 3.80. The standard InChI is InChI=1S/C14H18N4O/c1-8(10-6-15-7-10)14(19)18-11-3-4-12-13(5-11)17-9(2)16-12/h3-5,8,10,15H,6-7H2,1-2H3,(H,16,17)(H,18,19). The Labute approximate surface area is 111 Å². The molecule has 0 aliphatic carbocycles. The van der Waals surface area contributed by atoms with Crippen molar-refractivity contribution in [1.29, 1.82) is 0 Å². The lowest BCUT2D eigenvalue weighted by molar-refractivity contribution is -0.121. The second kappa shape index (κ2) is 4.66. The number of hydrogen-bond donors (Lipinski definition) is 3. The van der Waals surface area contributed by atoms with Gasteiger partial charge in [-0.25, -0.2) is 4.98 Å². The second-order valence-corrected chi connectivity index (χ2v) is 5.25. The zero-order valence-corrected chi connectivity index (χ0v) is 11.2. The minimum Gasteiger partial charge on any atom is -0.342 e. The minimum absolute atomic E-state index is 0.0421. The van der Waals surface area contributed by atoms with E-state index in [1.807, 2.05) is 32.0 Å². The zero-order valence-electron chi connectivity index (χ0n) is 11.2. The first-order chi connectivity index (χ1) is 9.13. The average molecular weight is 258 g/mol. The Morgan fingerprint density at radius 3 is 2.95 bits per heavy atom. The summed E-state index contributed by atoms with van der Waals surface area (Å²) in [7, 11) is 0. The molecule has 1 unspecified atom stereocenters. The molecule has 1 aliphatic heterocycles. The fourth-order valence-corrected chi connectivity index (χ4v) is 2.35. The number of carbonyl (C=O) groups is 1. The molecule has 5 heteroatoms. The van der Waals surface area contributed by atoms with E-state index in [0.29, 0.717) is 5.92 Å². The number of nitrogens with zero attached hydrogens (tertiary/aromatic N) is 1. The van der Waals surface area contributed by atoms with Crippen LogP contribution in [0.2, 0.25) is 0 Å². The van der Waals surface area contributed by atoms with Crippen LogP contribution in [0.15, 0.2) is 18.2 Å². The van der Waals surface area contributed by atoms with E-state index in [-0.39, 0.29) is 11.8 Å². The van der Waals surface area contributed by atoms with Gasteiger partial charge >= 0.3 is 0 Å². The molecule has 0 saturated carbocycles. The van der Waals surface area contributed by atoms with Gasteiger partial charge in [0.25, 0.3) is 0 Å². The maximum absolute atomic E-state index is 12.1. The van der Waals surface area contributed by atoms with Gasteiger partial charge in [-0.05, 0) is 44.1 Å². The van der Waals surface area contributed by atoms with Crippen LogP contribution in [0.3, 0.4) is 0 Å². The van der Waals surface area contributed by atoms with Crippen LogP contribution >= 0.6 is 0 Å². The molecule has 1 amide bonds. The summed E-state index contributed by atoms with van der Waals surface area (Å²) in [5.41, 5.74) is 2.69. The summed E-state index contributed by atoms with van der Waals surface area (Å²) < 4.78 is 0. The molecular formula is C14H18N4O. The van der Waals surface area contributed by atoms with Crippen LogP contribution in [0.25, 0.3) is 11.0 Å². The number of rotatable bonds is 3. The number of amides is 1. The van der Waals surface area contributed by atoms with E-state index in [1.165, 1.54) is 0 Å². The third kappa shape index (κ3) is 2.33. The quantitative estimate of drug-likeness (QED) is 0.784. The van der Waals surface area contributed by atoms with Crippen molar-refractivity contribution in [3.63, 3.8) is 0 Å². The predicted octanol–water partition coefficient (Wildman–Crippen LogP) is 1.67. The lowest BCUT2D eigenvalue weighted by Crippen LogP contribution is -2.48. The van der Waals surface area contributed by atoms with E-state index >= 15 is 0 Å². The highest BCUT2D eigenvalue weighted by Crippen LogP contribution is 2.20. The molecule has 5 nitrogen and oxygen atoms in total. The van der Waals surface area contributed by atoms with Crippen LogP contribution in [0.4, 0.5) is 5.69 Å². The Bertz CT molecular complexity index is 615. The summed E-state index contributed by atoms with van der Waals surface area (Å²) in [5, 5.41) is 6.17. The van der Waals surface area contributed by atoms with Crippen molar-refractivity contribution in [2.24, 2.45) is 11.8 Å². The predicted molar refractivity (Wildman–Crippen MR) is 75.0 cm³/mol. The van der Waals surface area contributed by atoms with Crippen LogP contribution in [0, 0.1) is 18.8 Å². The number of anilines is 1. The van der Waals surface area contributed by atoms with E-state index in [4.69, 9.17) is 0 Å². The summed E-state index contributed by atoms with van der Waals surface area (Å²) in [6, 6.07) is 5.75. The number of aromatic amines is 1. The molecule has 2 aromatic rings. The number of fused-ring (bicyclic) bond motifs is 1. The summed E-state index contributed by atoms with van der Waals surface area (Å²) in [6.45, 7) is 5.78. The van der Waals surface area contributed by atoms with Crippen molar-refractivity contribution in [2.45, 2.75) is 13.8 Å². The Kier molecular flexibility index (Phi) is 2.98. The van der Waals surface area contributed by atoms with Crippen LogP contribution in [-0.2, 0) is 4.79 Å². The largest absolute Gasteiger partial charge is 0.342 e. The van der Waals surface area contributed by atoms with Crippen molar-refractivity contribution < 1.29 is 4.79 Å². The Hall–Kier alpha value is -1.88. The number of H-pyrrole nitrogens is 1. The monoisotopic (exact) mass is 258 g/mol. The van der Waals surface area contributed by atoms with Crippen molar-refractivity contribution in [1.82, 2.24) is 15.3 Å². The number of nitrogens with one attached hydrogen (secondary N) is 3. The van der Waals surface area contributed by atoms with Crippen LogP contribution in [0.5, 0.6) is 0 Å². The number of aryl methyl sites for hydroxylation is 1. The number of aromatic nitrogens is 2. The first-order valence-electron chi connectivity index (χ1n) is 6.61. The molecule has 1 aromatic carbocycles. The molecule has 3 rings (SSSR count). The molecule has 1 atom stereocenters. The molecule has 0 bridgehead atoms. The smallest absolute Gasteiger partial charge is 0.227 e. The highest BCUT2D eigenvalue weighted by molar-refractivity contribution is 5.94. The van der Waals surface area contributed by atoms with E-state index in [2.05, 4.69) is 20.6 Å². The maximum atomic E-state index is 12.1. The van der Waals surface area contributed by atoms with Crippen LogP contribution in [-0.4, -0.2) is 29.0 Å². The lowest BCUT2D eigenvalue weighted by atomic mass is 9.88. The van der Waals surface area contributed by atoms with Gasteiger partial charge in [0.15, 0.2) is 0 Å². The van der Waals surface area contributed by atoms with Gasteiger partial charge in [0.2, 0.25) is 5.91 Å². The van der Waals surface area contributed by atoms with Crippen LogP contribution < -0.4 is 10.6 Å². The van der Waals surface area contributed by atoms with Gasteiger partial charge in [0.05, 0.1) is 11.0 Å². The molecular weight excluding hydrogens is 240 g/mol. The summed E-state index contributed by atoms with van der Waals surface area (Å²) in [6.07, 6.45) is 0. The molecule has 1 saturated heterocycles. The average Bonchev–Trinajstić information content (AvgIpc) is 2.66. The van der Waals surface area contributed by atoms with Gasteiger partial charge in [0.1, 0.15) is 5.82 Å². The van der Waals surface area contributed by atoms with Crippen molar-refractivity contribution in [2.75, 3.05) is 18.4 Å². The summed E-state index contributed by atoms with van der Waals surface area (Å²) >= 11 is 0. The van der Waals surface area contributed by atoms with Crippen molar-refractivity contribution >= 4 is 22.6 Å². The van der Waals surface area contributed by atoms with Crippen molar-refractivity contribution in [3.05, 3.63) is 24.0 Å². The number of imidazole rings is 1. The van der Waals surface area contributed by atoms with Gasteiger partial charge in [-0.15, -0.1) is 0 Å². The molecule has 100 valence electrons. The van der Waals surface area contributed by atoms with E-state index < -0.39 is 0 Å². The minimum atomic E-state index is 0.0421. The maximum Gasteiger partial charge on any atom is 0.227 e. The molecule has 1 aromatic heterocycles. The first-order valence-corrected chi connectivity index (χ1v) is 6.61. The van der Waals surface area contributed by atoms with E-state index in [9.17, 15) is 4.79 Å². The molecule has 1 aliphatic rings. The van der Waals surface area contributed by atoms with Crippen molar-refractivity contribution in [3.8, 4) is 0 Å². The molecule has 3 N–H and O–H groups in total. The molecule has 2 heterocycles. The molecule has 0 spiro atoms. The fourth-order valence-electron chi connectivity index (χ4n) is 2.35. The Balaban J connectivity index is 1.74. The van der Waals surface area contributed by atoms with Gasteiger partial charge in [0, 0.05) is 11.6 Å². The highest BCUT2D eigenvalue weighted by Gasteiger charge is 2.28. The van der Waals surface area contributed by atoms with Crippen LogP contribution in [0.1, 0.15) is 12.7 Å². The van der Waals surface area contributed by atoms with Gasteiger partial charge < -0.3 is 15.6 Å². The number of benzene rings is 1. The number of hydrogen-bond acceptors (Lipinski definition) is 3. The molecule has 1 fully saturated rings. The SMILES string of the molecule is Cc1nc2ccc(NC(=O)C(C)C3CNC3)cc2[nH]1. The van der Waals surface area contributed by atoms with E-state index in [0.717, 1.165) is 35.6 Å². The molecule has 0 radical (unpaired) electrons. The van der Waals surface area contributed by atoms with Gasteiger partial charge in [-0.3, -0.25) is 4.79 Å². The summed E-state index contributed by atoms with van der Waals surface area (Å²) in [4.78, 5) is 19.6. The Morgan fingerprint density at radius 1 is 1.47 bits per heavy atom. The Morgan fingerprint density at radius 2 is 2.26 bits per heavy atom. The van der Waals surface area contributed by atoms with Gasteiger partial charge in [-0.2, -0.15) is 0 Å². The first kappa shape index (κ1) is 12.2. The van der Waals surface area contributed by atoms with Gasteiger partial charge in [-0.1, -0.05) is 6.92 Å².